The maximum Gasteiger partial charge on any atom is 0.257 e. The summed E-state index contributed by atoms with van der Waals surface area (Å²) in [6.07, 6.45) is 9.96. The maximum atomic E-state index is 15.6. The van der Waals surface area contributed by atoms with E-state index in [0.717, 1.165) is 38.5 Å². The molecular weight excluding hydrogens is 454 g/mol. The van der Waals surface area contributed by atoms with E-state index in [1.807, 2.05) is 0 Å². The lowest BCUT2D eigenvalue weighted by atomic mass is 9.85. The number of H-pyrrole nitrogens is 1. The van der Waals surface area contributed by atoms with Crippen LogP contribution in [0.5, 0.6) is 0 Å². The maximum absolute atomic E-state index is 15.6. The monoisotopic (exact) mass is 486 g/mol. The molecule has 2 aromatic heterocycles. The van der Waals surface area contributed by atoms with Crippen LogP contribution in [0.4, 0.5) is 8.78 Å². The van der Waals surface area contributed by atoms with Crippen molar-refractivity contribution in [2.24, 2.45) is 5.92 Å². The van der Waals surface area contributed by atoms with Crippen LogP contribution in [0.1, 0.15) is 97.2 Å². The summed E-state index contributed by atoms with van der Waals surface area (Å²) in [5.74, 6) is -1.15. The van der Waals surface area contributed by atoms with Crippen LogP contribution >= 0.6 is 0 Å². The standard InChI is InChI=1S/C26H32F2N4O3/c1-15-18(14-35-32-15)26(33)31-23(17-7-5-3-2-4-6-8-17)25-29-20-13-19(27)21(22(28)24(20)30-25)16-9-11-34-12-10-16/h13-14,16-17,23H,2-12H2,1H3,(H,29,30)(H,31,33). The lowest BCUT2D eigenvalue weighted by Gasteiger charge is -2.28. The van der Waals surface area contributed by atoms with Crippen molar-refractivity contribution in [2.45, 2.75) is 76.7 Å². The highest BCUT2D eigenvalue weighted by atomic mass is 19.1. The van der Waals surface area contributed by atoms with Gasteiger partial charge in [0.2, 0.25) is 0 Å². The molecule has 35 heavy (non-hydrogen) atoms. The van der Waals surface area contributed by atoms with E-state index in [1.165, 1.54) is 18.8 Å². The molecule has 0 bridgehead atoms. The second-order valence-corrected chi connectivity index (χ2v) is 9.86. The molecule has 1 unspecified atom stereocenters. The number of aromatic amines is 1. The van der Waals surface area contributed by atoms with E-state index in [2.05, 4.69) is 20.4 Å². The van der Waals surface area contributed by atoms with Gasteiger partial charge >= 0.3 is 0 Å². The second-order valence-electron chi connectivity index (χ2n) is 9.86. The summed E-state index contributed by atoms with van der Waals surface area (Å²) in [4.78, 5) is 20.9. The Kier molecular flexibility index (Phi) is 7.13. The summed E-state index contributed by atoms with van der Waals surface area (Å²) >= 11 is 0. The Morgan fingerprint density at radius 2 is 1.83 bits per heavy atom. The zero-order valence-corrected chi connectivity index (χ0v) is 20.0. The predicted octanol–water partition coefficient (Wildman–Crippen LogP) is 5.86. The number of fused-ring (bicyclic) bond motifs is 1. The van der Waals surface area contributed by atoms with Crippen LogP contribution in [0.25, 0.3) is 11.0 Å². The first-order valence-electron chi connectivity index (χ1n) is 12.7. The average Bonchev–Trinajstić information content (AvgIpc) is 3.45. The van der Waals surface area contributed by atoms with Crippen LogP contribution in [-0.4, -0.2) is 34.2 Å². The molecule has 3 aromatic rings. The van der Waals surface area contributed by atoms with Gasteiger partial charge in [0.1, 0.15) is 29.0 Å². The molecule has 2 aliphatic rings. The minimum absolute atomic E-state index is 0.0884. The van der Waals surface area contributed by atoms with Crippen LogP contribution in [0.2, 0.25) is 0 Å². The van der Waals surface area contributed by atoms with E-state index < -0.39 is 17.7 Å². The number of carbonyl (C=O) groups is 1. The Balaban J connectivity index is 1.52. The van der Waals surface area contributed by atoms with Crippen LogP contribution < -0.4 is 5.32 Å². The third kappa shape index (κ3) is 4.96. The number of benzene rings is 1. The van der Waals surface area contributed by atoms with Gasteiger partial charge in [-0.3, -0.25) is 4.79 Å². The van der Waals surface area contributed by atoms with E-state index in [0.29, 0.717) is 48.7 Å². The van der Waals surface area contributed by atoms with Crippen LogP contribution in [-0.2, 0) is 4.74 Å². The molecule has 1 amide bonds. The average molecular weight is 487 g/mol. The fourth-order valence-electron chi connectivity index (χ4n) is 5.58. The molecule has 2 fully saturated rings. The number of aromatic nitrogens is 3. The molecule has 7 nitrogen and oxygen atoms in total. The smallest absolute Gasteiger partial charge is 0.257 e. The van der Waals surface area contributed by atoms with Crippen molar-refractivity contribution >= 4 is 16.9 Å². The second kappa shape index (κ2) is 10.4. The quantitative estimate of drug-likeness (QED) is 0.471. The van der Waals surface area contributed by atoms with Crippen molar-refractivity contribution in [3.63, 3.8) is 0 Å². The minimum atomic E-state index is -0.618. The van der Waals surface area contributed by atoms with Gasteiger partial charge in [0, 0.05) is 24.8 Å². The van der Waals surface area contributed by atoms with Crippen molar-refractivity contribution in [3.8, 4) is 0 Å². The zero-order valence-electron chi connectivity index (χ0n) is 20.0. The number of carbonyl (C=O) groups excluding carboxylic acids is 1. The highest BCUT2D eigenvalue weighted by molar-refractivity contribution is 5.95. The first-order valence-corrected chi connectivity index (χ1v) is 12.7. The molecule has 1 saturated carbocycles. The Hall–Kier alpha value is -2.81. The lowest BCUT2D eigenvalue weighted by Crippen LogP contribution is -2.35. The van der Waals surface area contributed by atoms with Gasteiger partial charge in [-0.25, -0.2) is 13.8 Å². The molecule has 1 aliphatic carbocycles. The highest BCUT2D eigenvalue weighted by Gasteiger charge is 2.31. The van der Waals surface area contributed by atoms with Gasteiger partial charge in [0.05, 0.1) is 17.3 Å². The largest absolute Gasteiger partial charge is 0.381 e. The van der Waals surface area contributed by atoms with Gasteiger partial charge in [-0.1, -0.05) is 37.3 Å². The highest BCUT2D eigenvalue weighted by Crippen LogP contribution is 2.37. The molecular formula is C26H32F2N4O3. The van der Waals surface area contributed by atoms with Gasteiger partial charge in [0.15, 0.2) is 5.82 Å². The fraction of sp³-hybridized carbons (Fsp3) is 0.577. The van der Waals surface area contributed by atoms with Gasteiger partial charge in [-0.15, -0.1) is 0 Å². The molecule has 0 radical (unpaired) electrons. The van der Waals surface area contributed by atoms with E-state index in [4.69, 9.17) is 9.26 Å². The number of hydrogen-bond donors (Lipinski definition) is 2. The van der Waals surface area contributed by atoms with E-state index in [9.17, 15) is 4.79 Å². The molecule has 1 atom stereocenters. The van der Waals surface area contributed by atoms with Crippen LogP contribution in [0.15, 0.2) is 16.9 Å². The molecule has 188 valence electrons. The first kappa shape index (κ1) is 23.9. The van der Waals surface area contributed by atoms with Gasteiger partial charge in [0.25, 0.3) is 5.91 Å². The van der Waals surface area contributed by atoms with Crippen molar-refractivity contribution in [3.05, 3.63) is 46.6 Å². The first-order chi connectivity index (χ1) is 17.0. The van der Waals surface area contributed by atoms with Crippen molar-refractivity contribution in [1.82, 2.24) is 20.4 Å². The van der Waals surface area contributed by atoms with Gasteiger partial charge in [-0.05, 0) is 44.4 Å². The SMILES string of the molecule is Cc1nocc1C(=O)NC(c1nc2c(F)c(C3CCOCC3)c(F)cc2[nH]1)C1CCCCCCC1. The van der Waals surface area contributed by atoms with E-state index in [-0.39, 0.29) is 28.8 Å². The van der Waals surface area contributed by atoms with E-state index in [1.54, 1.807) is 6.92 Å². The molecule has 9 heteroatoms. The Morgan fingerprint density at radius 1 is 1.11 bits per heavy atom. The molecule has 1 aliphatic heterocycles. The van der Waals surface area contributed by atoms with Crippen molar-refractivity contribution in [1.29, 1.82) is 0 Å². The lowest BCUT2D eigenvalue weighted by molar-refractivity contribution is 0.0839. The third-order valence-electron chi connectivity index (χ3n) is 7.55. The molecule has 1 aromatic carbocycles. The fourth-order valence-corrected chi connectivity index (χ4v) is 5.58. The number of nitrogens with one attached hydrogen (secondary N) is 2. The number of amides is 1. The van der Waals surface area contributed by atoms with Crippen LogP contribution in [0, 0.1) is 24.5 Å². The molecule has 5 rings (SSSR count). The summed E-state index contributed by atoms with van der Waals surface area (Å²) in [5, 5.41) is 6.91. The number of imidazole rings is 1. The Morgan fingerprint density at radius 3 is 2.51 bits per heavy atom. The molecule has 2 N–H and O–H groups in total. The number of halogens is 2. The summed E-state index contributed by atoms with van der Waals surface area (Å²) < 4.78 is 41.0. The molecule has 3 heterocycles. The van der Waals surface area contributed by atoms with Crippen LogP contribution in [0.3, 0.4) is 0 Å². The zero-order chi connectivity index (χ0) is 24.4. The molecule has 0 spiro atoms. The molecule has 1 saturated heterocycles. The number of nitrogens with zero attached hydrogens (tertiary/aromatic N) is 2. The summed E-state index contributed by atoms with van der Waals surface area (Å²) in [6.45, 7) is 2.69. The third-order valence-corrected chi connectivity index (χ3v) is 7.55. The van der Waals surface area contributed by atoms with Crippen molar-refractivity contribution in [2.75, 3.05) is 13.2 Å². The normalized spacial score (nSPS) is 19.4. The number of rotatable bonds is 5. The number of ether oxygens (including phenoxy) is 1. The van der Waals surface area contributed by atoms with E-state index >= 15 is 8.78 Å². The van der Waals surface area contributed by atoms with Crippen molar-refractivity contribution < 1.29 is 22.8 Å². The van der Waals surface area contributed by atoms with Gasteiger partial charge in [-0.2, -0.15) is 0 Å². The topological polar surface area (TPSA) is 93.0 Å². The summed E-state index contributed by atoms with van der Waals surface area (Å²) in [5.41, 5.74) is 1.37. The minimum Gasteiger partial charge on any atom is -0.381 e. The Labute approximate surface area is 203 Å². The summed E-state index contributed by atoms with van der Waals surface area (Å²) in [6, 6.07) is 0.872. The Bertz CT molecular complexity index is 1180. The number of aryl methyl sites for hydroxylation is 1. The van der Waals surface area contributed by atoms with Gasteiger partial charge < -0.3 is 19.6 Å². The predicted molar refractivity (Wildman–Crippen MR) is 126 cm³/mol. The summed E-state index contributed by atoms with van der Waals surface area (Å²) in [7, 11) is 0. The number of hydrogen-bond acceptors (Lipinski definition) is 5.